The summed E-state index contributed by atoms with van der Waals surface area (Å²) in [5.74, 6) is 0. The lowest BCUT2D eigenvalue weighted by molar-refractivity contribution is 0.467. The van der Waals surface area contributed by atoms with Crippen molar-refractivity contribution in [3.63, 3.8) is 0 Å². The molecule has 108 valence electrons. The van der Waals surface area contributed by atoms with E-state index in [-0.39, 0.29) is 0 Å². The van der Waals surface area contributed by atoms with Crippen molar-refractivity contribution in [1.29, 1.82) is 0 Å². The van der Waals surface area contributed by atoms with Crippen LogP contribution in [0.15, 0.2) is 12.4 Å². The molecular weight excluding hydrogens is 234 g/mol. The first kappa shape index (κ1) is 16.1. The van der Waals surface area contributed by atoms with Crippen LogP contribution < -0.4 is 5.32 Å². The number of aromatic nitrogens is 2. The van der Waals surface area contributed by atoms with Crippen molar-refractivity contribution in [2.45, 2.75) is 71.8 Å². The highest BCUT2D eigenvalue weighted by Gasteiger charge is 2.11. The maximum Gasteiger partial charge on any atom is 0.0756 e. The monoisotopic (exact) mass is 263 g/mol. The van der Waals surface area contributed by atoms with Crippen LogP contribution in [0.4, 0.5) is 0 Å². The van der Waals surface area contributed by atoms with Gasteiger partial charge in [-0.3, -0.25) is 9.97 Å². The van der Waals surface area contributed by atoms with Crippen LogP contribution in [0.5, 0.6) is 0 Å². The number of hydrogen-bond donors (Lipinski definition) is 1. The van der Waals surface area contributed by atoms with Crippen LogP contribution >= 0.6 is 0 Å². The molecule has 0 bridgehead atoms. The number of unbranched alkanes of at least 4 members (excludes halogenated alkanes) is 5. The molecule has 0 aromatic carbocycles. The van der Waals surface area contributed by atoms with Gasteiger partial charge in [-0.1, -0.05) is 52.4 Å². The first-order valence-corrected chi connectivity index (χ1v) is 7.79. The lowest BCUT2D eigenvalue weighted by atomic mass is 10.0. The van der Waals surface area contributed by atoms with E-state index in [1.54, 1.807) is 0 Å². The summed E-state index contributed by atoms with van der Waals surface area (Å²) < 4.78 is 0. The molecule has 1 N–H and O–H groups in total. The summed E-state index contributed by atoms with van der Waals surface area (Å²) in [5, 5.41) is 3.52. The fourth-order valence-electron chi connectivity index (χ4n) is 2.31. The molecule has 1 rings (SSSR count). The Morgan fingerprint density at radius 1 is 1.00 bits per heavy atom. The average Bonchev–Trinajstić information content (AvgIpc) is 2.42. The Morgan fingerprint density at radius 2 is 1.74 bits per heavy atom. The van der Waals surface area contributed by atoms with E-state index in [1.165, 1.54) is 38.5 Å². The summed E-state index contributed by atoms with van der Waals surface area (Å²) in [7, 11) is 0. The standard InChI is InChI=1S/C16H29N3/c1-4-6-7-8-9-10-11-15(17-5-2)16-13-18-14(3)12-19-16/h12-13,15,17H,4-11H2,1-3H3. The fraction of sp³-hybridized carbons (Fsp3) is 0.750. The van der Waals surface area contributed by atoms with Crippen LogP contribution in [0.25, 0.3) is 0 Å². The van der Waals surface area contributed by atoms with Crippen molar-refractivity contribution >= 4 is 0 Å². The van der Waals surface area contributed by atoms with Crippen molar-refractivity contribution in [1.82, 2.24) is 15.3 Å². The third kappa shape index (κ3) is 6.67. The molecule has 0 aliphatic rings. The van der Waals surface area contributed by atoms with Crippen molar-refractivity contribution in [3.05, 3.63) is 23.8 Å². The quantitative estimate of drug-likeness (QED) is 0.643. The molecule has 1 aromatic rings. The van der Waals surface area contributed by atoms with Crippen molar-refractivity contribution in [2.24, 2.45) is 0 Å². The number of nitrogens with one attached hydrogen (secondary N) is 1. The molecule has 3 heteroatoms. The number of rotatable bonds is 10. The smallest absolute Gasteiger partial charge is 0.0756 e. The minimum Gasteiger partial charge on any atom is -0.309 e. The van der Waals surface area contributed by atoms with Gasteiger partial charge < -0.3 is 5.32 Å². The van der Waals surface area contributed by atoms with Gasteiger partial charge in [0.1, 0.15) is 0 Å². The normalized spacial score (nSPS) is 12.6. The molecule has 0 radical (unpaired) electrons. The number of hydrogen-bond acceptors (Lipinski definition) is 3. The van der Waals surface area contributed by atoms with Crippen molar-refractivity contribution < 1.29 is 0 Å². The molecule has 0 saturated carbocycles. The minimum absolute atomic E-state index is 0.365. The largest absolute Gasteiger partial charge is 0.309 e. The fourth-order valence-corrected chi connectivity index (χ4v) is 2.31. The molecular formula is C16H29N3. The van der Waals surface area contributed by atoms with Gasteiger partial charge in [0.15, 0.2) is 0 Å². The number of aryl methyl sites for hydroxylation is 1. The lowest BCUT2D eigenvalue weighted by Crippen LogP contribution is -2.22. The van der Waals surface area contributed by atoms with Crippen LogP contribution in [-0.2, 0) is 0 Å². The first-order chi connectivity index (χ1) is 9.27. The molecule has 1 aromatic heterocycles. The van der Waals surface area contributed by atoms with Gasteiger partial charge in [-0.25, -0.2) is 0 Å². The van der Waals surface area contributed by atoms with Crippen molar-refractivity contribution in [3.8, 4) is 0 Å². The topological polar surface area (TPSA) is 37.8 Å². The Bertz CT molecular complexity index is 321. The Morgan fingerprint density at radius 3 is 2.37 bits per heavy atom. The van der Waals surface area contributed by atoms with Crippen LogP contribution in [0.3, 0.4) is 0 Å². The predicted molar refractivity (Wildman–Crippen MR) is 81.2 cm³/mol. The lowest BCUT2D eigenvalue weighted by Gasteiger charge is -2.17. The third-order valence-electron chi connectivity index (χ3n) is 3.45. The van der Waals surface area contributed by atoms with Gasteiger partial charge in [-0.2, -0.15) is 0 Å². The molecule has 3 nitrogen and oxygen atoms in total. The average molecular weight is 263 g/mol. The molecule has 19 heavy (non-hydrogen) atoms. The predicted octanol–water partition coefficient (Wildman–Crippen LogP) is 4.19. The van der Waals surface area contributed by atoms with Gasteiger partial charge >= 0.3 is 0 Å². The molecule has 1 atom stereocenters. The second kappa shape index (κ2) is 9.90. The molecule has 0 fully saturated rings. The van der Waals surface area contributed by atoms with Crippen LogP contribution in [0.2, 0.25) is 0 Å². The Labute approximate surface area is 118 Å². The zero-order valence-corrected chi connectivity index (χ0v) is 12.8. The van der Waals surface area contributed by atoms with E-state index in [2.05, 4.69) is 29.1 Å². The van der Waals surface area contributed by atoms with Gasteiger partial charge in [0, 0.05) is 6.20 Å². The summed E-state index contributed by atoms with van der Waals surface area (Å²) in [4.78, 5) is 8.85. The molecule has 0 amide bonds. The van der Waals surface area contributed by atoms with Crippen LogP contribution in [0, 0.1) is 6.92 Å². The zero-order chi connectivity index (χ0) is 13.9. The maximum absolute atomic E-state index is 4.50. The summed E-state index contributed by atoms with van der Waals surface area (Å²) in [6.07, 6.45) is 13.0. The third-order valence-corrected chi connectivity index (χ3v) is 3.45. The van der Waals surface area contributed by atoms with E-state index in [0.29, 0.717) is 6.04 Å². The molecule has 0 aliphatic heterocycles. The highest BCUT2D eigenvalue weighted by atomic mass is 14.9. The highest BCUT2D eigenvalue weighted by molar-refractivity contribution is 5.05. The Kier molecular flexibility index (Phi) is 8.39. The van der Waals surface area contributed by atoms with Gasteiger partial charge in [0.05, 0.1) is 23.6 Å². The van der Waals surface area contributed by atoms with E-state index in [0.717, 1.165) is 24.4 Å². The maximum atomic E-state index is 4.50. The first-order valence-electron chi connectivity index (χ1n) is 7.79. The number of nitrogens with zero attached hydrogens (tertiary/aromatic N) is 2. The second-order valence-electron chi connectivity index (χ2n) is 5.25. The molecule has 0 spiro atoms. The van der Waals surface area contributed by atoms with Gasteiger partial charge in [0.2, 0.25) is 0 Å². The SMILES string of the molecule is CCCCCCCCC(NCC)c1cnc(C)cn1. The van der Waals surface area contributed by atoms with E-state index >= 15 is 0 Å². The van der Waals surface area contributed by atoms with E-state index in [9.17, 15) is 0 Å². The summed E-state index contributed by atoms with van der Waals surface area (Å²) in [6, 6.07) is 0.365. The molecule has 1 unspecified atom stereocenters. The van der Waals surface area contributed by atoms with Crippen molar-refractivity contribution in [2.75, 3.05) is 6.54 Å². The van der Waals surface area contributed by atoms with Gasteiger partial charge in [0.25, 0.3) is 0 Å². The summed E-state index contributed by atoms with van der Waals surface area (Å²) >= 11 is 0. The van der Waals surface area contributed by atoms with Crippen LogP contribution in [0.1, 0.15) is 76.2 Å². The molecule has 0 saturated heterocycles. The van der Waals surface area contributed by atoms with E-state index in [1.807, 2.05) is 19.3 Å². The molecule has 1 heterocycles. The minimum atomic E-state index is 0.365. The molecule has 0 aliphatic carbocycles. The van der Waals surface area contributed by atoms with E-state index in [4.69, 9.17) is 0 Å². The van der Waals surface area contributed by atoms with Gasteiger partial charge in [-0.15, -0.1) is 0 Å². The van der Waals surface area contributed by atoms with Gasteiger partial charge in [-0.05, 0) is 19.9 Å². The highest BCUT2D eigenvalue weighted by Crippen LogP contribution is 2.18. The summed E-state index contributed by atoms with van der Waals surface area (Å²) in [5.41, 5.74) is 2.07. The second-order valence-corrected chi connectivity index (χ2v) is 5.25. The Hall–Kier alpha value is -0.960. The van der Waals surface area contributed by atoms with Crippen LogP contribution in [-0.4, -0.2) is 16.5 Å². The van der Waals surface area contributed by atoms with E-state index < -0.39 is 0 Å². The Balaban J connectivity index is 2.34. The summed E-state index contributed by atoms with van der Waals surface area (Å²) in [6.45, 7) is 7.37. The zero-order valence-electron chi connectivity index (χ0n) is 12.8.